The number of benzene rings is 2. The maximum atomic E-state index is 13.4. The number of amides is 2. The molecule has 1 N–H and O–H groups in total. The van der Waals surface area contributed by atoms with Gasteiger partial charge in [-0.3, -0.25) is 14.4 Å². The molecule has 0 aliphatic carbocycles. The highest BCUT2D eigenvalue weighted by Gasteiger charge is 2.33. The number of hydrogen-bond acceptors (Lipinski definition) is 4. The molecule has 0 saturated carbocycles. The Morgan fingerprint density at radius 3 is 2.50 bits per heavy atom. The number of cyclic esters (lactones) is 1. The molecule has 0 saturated heterocycles. The zero-order valence-corrected chi connectivity index (χ0v) is 20.3. The fourth-order valence-corrected chi connectivity index (χ4v) is 4.06. The van der Waals surface area contributed by atoms with Crippen molar-refractivity contribution in [3.05, 3.63) is 82.9 Å². The predicted molar refractivity (Wildman–Crippen MR) is 132 cm³/mol. The van der Waals surface area contributed by atoms with Crippen LogP contribution < -0.4 is 5.32 Å². The third-order valence-corrected chi connectivity index (χ3v) is 6.32. The van der Waals surface area contributed by atoms with Gasteiger partial charge in [0.25, 0.3) is 0 Å². The Hall–Kier alpha value is -3.12. The molecular formula is C27H31ClN2O4. The smallest absolute Gasteiger partial charge is 0.306 e. The first-order valence-corrected chi connectivity index (χ1v) is 11.9. The van der Waals surface area contributed by atoms with Crippen LogP contribution >= 0.6 is 11.6 Å². The van der Waals surface area contributed by atoms with Gasteiger partial charge in [0.05, 0.1) is 12.0 Å². The number of likely N-dealkylation sites (N-methyl/N-ethyl adjacent to an activating group) is 1. The predicted octanol–water partition coefficient (Wildman–Crippen LogP) is 4.83. The van der Waals surface area contributed by atoms with Gasteiger partial charge < -0.3 is 15.0 Å². The number of hydrogen-bond donors (Lipinski definition) is 1. The molecule has 2 aromatic rings. The molecular weight excluding hydrogens is 452 g/mol. The largest absolute Gasteiger partial charge is 0.455 e. The number of halogens is 1. The Balaban J connectivity index is 1.74. The van der Waals surface area contributed by atoms with Crippen molar-refractivity contribution in [2.45, 2.75) is 51.3 Å². The second kappa shape index (κ2) is 12.4. The fraction of sp³-hybridized carbons (Fsp3) is 0.370. The Bertz CT molecular complexity index is 1010. The molecule has 34 heavy (non-hydrogen) atoms. The normalized spacial score (nSPS) is 22.8. The lowest BCUT2D eigenvalue weighted by Crippen LogP contribution is -2.44. The summed E-state index contributed by atoms with van der Waals surface area (Å²) in [6.45, 7) is 2.23. The summed E-state index contributed by atoms with van der Waals surface area (Å²) >= 11 is 5.91. The number of allylic oxidation sites excluding steroid dienone is 2. The van der Waals surface area contributed by atoms with Crippen LogP contribution in [0.15, 0.2) is 66.7 Å². The van der Waals surface area contributed by atoms with Crippen LogP contribution in [-0.2, 0) is 25.7 Å². The van der Waals surface area contributed by atoms with Gasteiger partial charge in [0.15, 0.2) is 0 Å². The zero-order valence-electron chi connectivity index (χ0n) is 19.6. The van der Waals surface area contributed by atoms with Gasteiger partial charge in [-0.2, -0.15) is 0 Å². The van der Waals surface area contributed by atoms with Crippen LogP contribution in [0.4, 0.5) is 0 Å². The average Bonchev–Trinajstić information content (AvgIpc) is 2.84. The number of esters is 1. The Morgan fingerprint density at radius 1 is 1.09 bits per heavy atom. The molecule has 1 aliphatic rings. The van der Waals surface area contributed by atoms with E-state index in [1.165, 1.54) is 0 Å². The number of ether oxygens (including phenoxy) is 1. The Labute approximate surface area is 205 Å². The summed E-state index contributed by atoms with van der Waals surface area (Å²) in [6, 6.07) is 16.3. The van der Waals surface area contributed by atoms with Gasteiger partial charge in [-0.15, -0.1) is 0 Å². The van der Waals surface area contributed by atoms with E-state index in [1.54, 1.807) is 24.1 Å². The SMILES string of the molecule is C[C@@H]1[C@@H](c2ccccc2)OC(=O)CC/C=C\C[C@@H](CC(=O)NCc2ccc(Cl)cc2)C(=O)N1C. The van der Waals surface area contributed by atoms with E-state index in [0.29, 0.717) is 24.4 Å². The number of nitrogens with zero attached hydrogens (tertiary/aromatic N) is 1. The molecule has 2 aromatic carbocycles. The first-order valence-electron chi connectivity index (χ1n) is 11.5. The minimum Gasteiger partial charge on any atom is -0.455 e. The van der Waals surface area contributed by atoms with Crippen molar-refractivity contribution in [3.63, 3.8) is 0 Å². The average molecular weight is 483 g/mol. The second-order valence-corrected chi connectivity index (χ2v) is 9.00. The Kier molecular flexibility index (Phi) is 9.28. The fourth-order valence-electron chi connectivity index (χ4n) is 3.93. The molecule has 2 amide bonds. The maximum absolute atomic E-state index is 13.4. The van der Waals surface area contributed by atoms with Gasteiger partial charge in [-0.1, -0.05) is 66.2 Å². The number of carbonyl (C=O) groups is 3. The van der Waals surface area contributed by atoms with Crippen molar-refractivity contribution in [2.75, 3.05) is 7.05 Å². The van der Waals surface area contributed by atoms with E-state index in [2.05, 4.69) is 5.32 Å². The first kappa shape index (κ1) is 25.5. The van der Waals surface area contributed by atoms with E-state index >= 15 is 0 Å². The topological polar surface area (TPSA) is 75.7 Å². The van der Waals surface area contributed by atoms with Gasteiger partial charge in [0.1, 0.15) is 6.10 Å². The molecule has 3 rings (SSSR count). The maximum Gasteiger partial charge on any atom is 0.306 e. The minimum atomic E-state index is -0.592. The standard InChI is InChI=1S/C27H31ClN2O4/c1-19-26(21-9-5-3-6-10-21)34-25(32)12-8-4-7-11-22(27(33)30(19)2)17-24(31)29-18-20-13-15-23(28)16-14-20/h3-7,9-10,13-16,19,22,26H,8,11-12,17-18H2,1-2H3,(H,29,31)/b7-4-/t19-,22+,26+/m1/s1. The van der Waals surface area contributed by atoms with E-state index in [9.17, 15) is 14.4 Å². The van der Waals surface area contributed by atoms with Gasteiger partial charge in [-0.25, -0.2) is 0 Å². The molecule has 0 radical (unpaired) electrons. The lowest BCUT2D eigenvalue weighted by molar-refractivity contribution is -0.156. The highest BCUT2D eigenvalue weighted by atomic mass is 35.5. The van der Waals surface area contributed by atoms with E-state index in [1.807, 2.05) is 61.5 Å². The third-order valence-electron chi connectivity index (χ3n) is 6.07. The van der Waals surface area contributed by atoms with Gasteiger partial charge >= 0.3 is 5.97 Å². The van der Waals surface area contributed by atoms with E-state index < -0.39 is 18.1 Å². The van der Waals surface area contributed by atoms with Crippen molar-refractivity contribution in [3.8, 4) is 0 Å². The highest BCUT2D eigenvalue weighted by Crippen LogP contribution is 2.28. The Morgan fingerprint density at radius 2 is 1.79 bits per heavy atom. The third kappa shape index (κ3) is 7.19. The van der Waals surface area contributed by atoms with E-state index in [-0.39, 0.29) is 30.6 Å². The monoisotopic (exact) mass is 482 g/mol. The molecule has 0 bridgehead atoms. The van der Waals surface area contributed by atoms with Crippen LogP contribution in [0.25, 0.3) is 0 Å². The number of rotatable bonds is 5. The van der Waals surface area contributed by atoms with Crippen molar-refractivity contribution < 1.29 is 19.1 Å². The van der Waals surface area contributed by atoms with Crippen molar-refractivity contribution in [1.82, 2.24) is 10.2 Å². The summed E-state index contributed by atoms with van der Waals surface area (Å²) in [5, 5.41) is 3.53. The molecule has 7 heteroatoms. The summed E-state index contributed by atoms with van der Waals surface area (Å²) in [4.78, 5) is 40.1. The van der Waals surface area contributed by atoms with Crippen molar-refractivity contribution in [2.24, 2.45) is 5.92 Å². The lowest BCUT2D eigenvalue weighted by atomic mass is 9.95. The molecule has 6 nitrogen and oxygen atoms in total. The van der Waals surface area contributed by atoms with Crippen LogP contribution in [0.3, 0.4) is 0 Å². The van der Waals surface area contributed by atoms with Crippen LogP contribution in [0, 0.1) is 5.92 Å². The molecule has 0 aromatic heterocycles. The molecule has 0 unspecified atom stereocenters. The summed E-state index contributed by atoms with van der Waals surface area (Å²) in [6.07, 6.45) is 4.43. The molecule has 0 spiro atoms. The number of nitrogens with one attached hydrogen (secondary N) is 1. The molecule has 180 valence electrons. The van der Waals surface area contributed by atoms with E-state index in [0.717, 1.165) is 11.1 Å². The molecule has 1 aliphatic heterocycles. The molecule has 1 heterocycles. The lowest BCUT2D eigenvalue weighted by Gasteiger charge is -2.34. The summed E-state index contributed by atoms with van der Waals surface area (Å²) in [7, 11) is 1.70. The van der Waals surface area contributed by atoms with Crippen LogP contribution in [0.2, 0.25) is 5.02 Å². The van der Waals surface area contributed by atoms with Gasteiger partial charge in [-0.05, 0) is 43.0 Å². The zero-order chi connectivity index (χ0) is 24.5. The first-order chi connectivity index (χ1) is 16.3. The van der Waals surface area contributed by atoms with Crippen LogP contribution in [0.1, 0.15) is 49.8 Å². The van der Waals surface area contributed by atoms with Crippen LogP contribution in [0.5, 0.6) is 0 Å². The summed E-state index contributed by atoms with van der Waals surface area (Å²) in [5.41, 5.74) is 1.76. The summed E-state index contributed by atoms with van der Waals surface area (Å²) in [5.74, 6) is -1.16. The van der Waals surface area contributed by atoms with Gasteiger partial charge in [0.2, 0.25) is 11.8 Å². The molecule has 0 fully saturated rings. The van der Waals surface area contributed by atoms with Crippen LogP contribution in [-0.4, -0.2) is 35.8 Å². The molecule has 3 atom stereocenters. The quantitative estimate of drug-likeness (QED) is 0.489. The van der Waals surface area contributed by atoms with Gasteiger partial charge in [0, 0.05) is 31.5 Å². The van der Waals surface area contributed by atoms with Crippen molar-refractivity contribution in [1.29, 1.82) is 0 Å². The minimum absolute atomic E-state index is 0.0730. The highest BCUT2D eigenvalue weighted by molar-refractivity contribution is 6.30. The van der Waals surface area contributed by atoms with Crippen molar-refractivity contribution >= 4 is 29.4 Å². The number of carbonyl (C=O) groups excluding carboxylic acids is 3. The van der Waals surface area contributed by atoms with E-state index in [4.69, 9.17) is 16.3 Å². The second-order valence-electron chi connectivity index (χ2n) is 8.56. The summed E-state index contributed by atoms with van der Waals surface area (Å²) < 4.78 is 5.80.